The zero-order valence-electron chi connectivity index (χ0n) is 11.8. The molecular weight excluding hydrogens is 272 g/mol. The van der Waals surface area contributed by atoms with Crippen LogP contribution in [0.2, 0.25) is 5.02 Å². The highest BCUT2D eigenvalue weighted by Crippen LogP contribution is 2.44. The van der Waals surface area contributed by atoms with Crippen molar-refractivity contribution in [1.29, 1.82) is 0 Å². The van der Waals surface area contributed by atoms with Crippen molar-refractivity contribution in [3.05, 3.63) is 28.8 Å². The van der Waals surface area contributed by atoms with Crippen LogP contribution in [0.3, 0.4) is 0 Å². The highest BCUT2D eigenvalue weighted by molar-refractivity contribution is 6.31. The van der Waals surface area contributed by atoms with Crippen molar-refractivity contribution in [2.24, 2.45) is 11.3 Å². The summed E-state index contributed by atoms with van der Waals surface area (Å²) in [5.74, 6) is 0.647. The molecule has 3 rings (SSSR count). The number of benzene rings is 1. The number of fused-ring (bicyclic) bond motifs is 1. The van der Waals surface area contributed by atoms with E-state index in [1.54, 1.807) is 0 Å². The number of amides is 1. The van der Waals surface area contributed by atoms with Crippen molar-refractivity contribution in [3.8, 4) is 0 Å². The molecule has 0 spiro atoms. The number of carbonyl (C=O) groups excluding carboxylic acids is 1. The van der Waals surface area contributed by atoms with E-state index in [9.17, 15) is 4.79 Å². The lowest BCUT2D eigenvalue weighted by Crippen LogP contribution is -2.44. The molecule has 1 saturated heterocycles. The molecule has 20 heavy (non-hydrogen) atoms. The van der Waals surface area contributed by atoms with E-state index in [0.717, 1.165) is 43.6 Å². The number of hydrogen-bond donors (Lipinski definition) is 2. The summed E-state index contributed by atoms with van der Waals surface area (Å²) in [5.41, 5.74) is 1.57. The van der Waals surface area contributed by atoms with E-state index < -0.39 is 0 Å². The summed E-state index contributed by atoms with van der Waals surface area (Å²) in [5, 5.41) is 7.23. The fourth-order valence-electron chi connectivity index (χ4n) is 3.68. The topological polar surface area (TPSA) is 41.1 Å². The first-order chi connectivity index (χ1) is 9.63. The fourth-order valence-corrected chi connectivity index (χ4v) is 3.85. The molecule has 108 valence electrons. The zero-order valence-corrected chi connectivity index (χ0v) is 12.6. The second kappa shape index (κ2) is 5.38. The Morgan fingerprint density at radius 2 is 2.30 bits per heavy atom. The van der Waals surface area contributed by atoms with Gasteiger partial charge >= 0.3 is 0 Å². The van der Waals surface area contributed by atoms with Crippen LogP contribution in [-0.4, -0.2) is 19.0 Å². The van der Waals surface area contributed by atoms with Gasteiger partial charge in [-0.1, -0.05) is 30.5 Å². The summed E-state index contributed by atoms with van der Waals surface area (Å²) in [7, 11) is 0. The maximum absolute atomic E-state index is 12.8. The molecule has 0 unspecified atom stereocenters. The molecule has 0 radical (unpaired) electrons. The summed E-state index contributed by atoms with van der Waals surface area (Å²) in [6.45, 7) is 3.73. The lowest BCUT2D eigenvalue weighted by molar-refractivity contribution is -0.128. The Balaban J connectivity index is 1.83. The average Bonchev–Trinajstić information content (AvgIpc) is 2.89. The molecule has 1 amide bonds. The van der Waals surface area contributed by atoms with Gasteiger partial charge in [0, 0.05) is 17.3 Å². The zero-order chi connectivity index (χ0) is 14.2. The van der Waals surface area contributed by atoms with Crippen LogP contribution in [-0.2, 0) is 4.79 Å². The third-order valence-corrected chi connectivity index (χ3v) is 5.42. The highest BCUT2D eigenvalue weighted by atomic mass is 35.5. The molecular formula is C16H21ClN2O. The van der Waals surface area contributed by atoms with Crippen molar-refractivity contribution >= 4 is 23.2 Å². The predicted octanol–water partition coefficient (Wildman–Crippen LogP) is 3.37. The molecule has 4 heteroatoms. The van der Waals surface area contributed by atoms with Gasteiger partial charge in [0.15, 0.2) is 0 Å². The van der Waals surface area contributed by atoms with E-state index >= 15 is 0 Å². The van der Waals surface area contributed by atoms with Crippen molar-refractivity contribution in [1.82, 2.24) is 5.32 Å². The molecule has 0 aromatic heterocycles. The number of anilines is 1. The predicted molar refractivity (Wildman–Crippen MR) is 82.1 cm³/mol. The Morgan fingerprint density at radius 3 is 3.15 bits per heavy atom. The minimum atomic E-state index is -0.215. The lowest BCUT2D eigenvalue weighted by atomic mass is 9.67. The Labute approximate surface area is 125 Å². The third-order valence-electron chi connectivity index (χ3n) is 5.01. The number of halogens is 1. The number of carbonyl (C=O) groups is 1. The van der Waals surface area contributed by atoms with Gasteiger partial charge in [0.25, 0.3) is 0 Å². The van der Waals surface area contributed by atoms with Gasteiger partial charge in [0.1, 0.15) is 0 Å². The average molecular weight is 293 g/mol. The lowest BCUT2D eigenvalue weighted by Gasteiger charge is -2.37. The van der Waals surface area contributed by atoms with Crippen molar-refractivity contribution in [2.45, 2.75) is 32.6 Å². The van der Waals surface area contributed by atoms with Crippen LogP contribution in [0.4, 0.5) is 5.69 Å². The van der Waals surface area contributed by atoms with E-state index in [-0.39, 0.29) is 11.3 Å². The number of nitrogens with one attached hydrogen (secondary N) is 2. The summed E-state index contributed by atoms with van der Waals surface area (Å²) >= 11 is 6.13. The van der Waals surface area contributed by atoms with Gasteiger partial charge in [0.2, 0.25) is 5.91 Å². The van der Waals surface area contributed by atoms with Crippen LogP contribution in [0.25, 0.3) is 0 Å². The standard InChI is InChI=1S/C16H21ClN2O/c1-11-13(17)6-4-7-14(11)19-15(20)16-8-3-2-5-12(16)9-18-10-16/h4,6-7,12,18H,2-3,5,8-10H2,1H3,(H,19,20)/t12-,16+/m0/s1. The van der Waals surface area contributed by atoms with E-state index in [1.165, 1.54) is 6.42 Å². The summed E-state index contributed by atoms with van der Waals surface area (Å²) in [6.07, 6.45) is 4.56. The summed E-state index contributed by atoms with van der Waals surface area (Å²) < 4.78 is 0. The Hall–Kier alpha value is -1.06. The van der Waals surface area contributed by atoms with Crippen LogP contribution in [0.1, 0.15) is 31.2 Å². The molecule has 1 aromatic rings. The first-order valence-corrected chi connectivity index (χ1v) is 7.78. The fraction of sp³-hybridized carbons (Fsp3) is 0.562. The molecule has 2 aliphatic rings. The van der Waals surface area contributed by atoms with Gasteiger partial charge in [-0.15, -0.1) is 0 Å². The minimum Gasteiger partial charge on any atom is -0.325 e. The van der Waals surface area contributed by atoms with E-state index in [1.807, 2.05) is 25.1 Å². The molecule has 1 aliphatic carbocycles. The van der Waals surface area contributed by atoms with Crippen LogP contribution < -0.4 is 10.6 Å². The quantitative estimate of drug-likeness (QED) is 0.877. The van der Waals surface area contributed by atoms with Gasteiger partial charge in [-0.2, -0.15) is 0 Å². The summed E-state index contributed by atoms with van der Waals surface area (Å²) in [4.78, 5) is 12.8. The van der Waals surface area contributed by atoms with Crippen LogP contribution in [0.15, 0.2) is 18.2 Å². The van der Waals surface area contributed by atoms with E-state index in [4.69, 9.17) is 11.6 Å². The molecule has 0 bridgehead atoms. The molecule has 1 heterocycles. The van der Waals surface area contributed by atoms with Gasteiger partial charge < -0.3 is 10.6 Å². The largest absolute Gasteiger partial charge is 0.325 e. The second-order valence-corrected chi connectivity index (χ2v) is 6.50. The molecule has 1 saturated carbocycles. The first-order valence-electron chi connectivity index (χ1n) is 7.41. The smallest absolute Gasteiger partial charge is 0.232 e. The molecule has 3 nitrogen and oxygen atoms in total. The first kappa shape index (κ1) is 13.9. The monoisotopic (exact) mass is 292 g/mol. The maximum atomic E-state index is 12.8. The number of rotatable bonds is 2. The maximum Gasteiger partial charge on any atom is 0.232 e. The van der Waals surface area contributed by atoms with Gasteiger partial charge in [-0.25, -0.2) is 0 Å². The molecule has 2 N–H and O–H groups in total. The van der Waals surface area contributed by atoms with Crippen LogP contribution in [0, 0.1) is 18.3 Å². The van der Waals surface area contributed by atoms with Crippen molar-refractivity contribution < 1.29 is 4.79 Å². The Bertz CT molecular complexity index is 531. The second-order valence-electron chi connectivity index (χ2n) is 6.10. The van der Waals surface area contributed by atoms with Crippen molar-refractivity contribution in [2.75, 3.05) is 18.4 Å². The molecule has 2 fully saturated rings. The van der Waals surface area contributed by atoms with Crippen LogP contribution in [0.5, 0.6) is 0 Å². The third kappa shape index (κ3) is 2.23. The van der Waals surface area contributed by atoms with E-state index in [2.05, 4.69) is 10.6 Å². The molecule has 2 atom stereocenters. The Morgan fingerprint density at radius 1 is 1.45 bits per heavy atom. The normalized spacial score (nSPS) is 29.0. The van der Waals surface area contributed by atoms with Gasteiger partial charge in [0.05, 0.1) is 5.41 Å². The van der Waals surface area contributed by atoms with Gasteiger partial charge in [-0.3, -0.25) is 4.79 Å². The highest BCUT2D eigenvalue weighted by Gasteiger charge is 2.49. The summed E-state index contributed by atoms with van der Waals surface area (Å²) in [6, 6.07) is 5.66. The Kier molecular flexibility index (Phi) is 3.74. The minimum absolute atomic E-state index is 0.164. The van der Waals surface area contributed by atoms with Crippen molar-refractivity contribution in [3.63, 3.8) is 0 Å². The number of hydrogen-bond acceptors (Lipinski definition) is 2. The van der Waals surface area contributed by atoms with E-state index in [0.29, 0.717) is 10.9 Å². The SMILES string of the molecule is Cc1c(Cl)cccc1NC(=O)[C@@]12CCCC[C@H]1CNC2. The van der Waals surface area contributed by atoms with Crippen LogP contribution >= 0.6 is 11.6 Å². The molecule has 1 aromatic carbocycles. The molecule has 1 aliphatic heterocycles. The van der Waals surface area contributed by atoms with Gasteiger partial charge in [-0.05, 0) is 49.9 Å².